The Kier molecular flexibility index (Phi) is 3.91. The summed E-state index contributed by atoms with van der Waals surface area (Å²) >= 11 is 0. The summed E-state index contributed by atoms with van der Waals surface area (Å²) in [4.78, 5) is 14.7. The summed E-state index contributed by atoms with van der Waals surface area (Å²) in [7, 11) is 0. The van der Waals surface area contributed by atoms with Gasteiger partial charge in [-0.2, -0.15) is 5.10 Å². The highest BCUT2D eigenvalue weighted by Crippen LogP contribution is 2.33. The molecule has 2 aliphatic rings. The number of carbonyl (C=O) groups is 1. The molecule has 1 N–H and O–H groups in total. The number of aromatic nitrogens is 2. The van der Waals surface area contributed by atoms with E-state index >= 15 is 0 Å². The Morgan fingerprint density at radius 3 is 3.04 bits per heavy atom. The molecule has 2 unspecified atom stereocenters. The molecule has 4 rings (SSSR count). The first-order valence-electron chi connectivity index (χ1n) is 8.43. The molecule has 6 nitrogen and oxygen atoms in total. The smallest absolute Gasteiger partial charge is 0.274 e. The maximum absolute atomic E-state index is 12.8. The van der Waals surface area contributed by atoms with Crippen molar-refractivity contribution in [2.45, 2.75) is 37.8 Å². The minimum atomic E-state index is 0.00594. The van der Waals surface area contributed by atoms with Crippen molar-refractivity contribution in [1.29, 1.82) is 0 Å². The lowest BCUT2D eigenvalue weighted by Gasteiger charge is -2.23. The van der Waals surface area contributed by atoms with Gasteiger partial charge >= 0.3 is 0 Å². The number of piperidine rings is 1. The maximum Gasteiger partial charge on any atom is 0.274 e. The molecular formula is C17H22N4O2. The number of nitrogens with zero attached hydrogens (tertiary/aromatic N) is 3. The molecule has 2 atom stereocenters. The zero-order chi connectivity index (χ0) is 15.6. The van der Waals surface area contributed by atoms with Gasteiger partial charge in [-0.3, -0.25) is 9.48 Å². The Labute approximate surface area is 135 Å². The van der Waals surface area contributed by atoms with Gasteiger partial charge in [-0.05, 0) is 50.4 Å². The van der Waals surface area contributed by atoms with Gasteiger partial charge in [0.05, 0.1) is 18.3 Å². The van der Waals surface area contributed by atoms with Crippen molar-refractivity contribution in [3.05, 3.63) is 42.1 Å². The summed E-state index contributed by atoms with van der Waals surface area (Å²) in [6.07, 6.45) is 7.82. The van der Waals surface area contributed by atoms with E-state index in [-0.39, 0.29) is 11.9 Å². The number of hydrogen-bond acceptors (Lipinski definition) is 4. The van der Waals surface area contributed by atoms with E-state index < -0.39 is 0 Å². The predicted octanol–water partition coefficient (Wildman–Crippen LogP) is 2.38. The lowest BCUT2D eigenvalue weighted by molar-refractivity contribution is 0.0712. The van der Waals surface area contributed by atoms with Gasteiger partial charge in [-0.15, -0.1) is 0 Å². The molecule has 0 radical (unpaired) electrons. The number of rotatable bonds is 3. The predicted molar refractivity (Wildman–Crippen MR) is 85.1 cm³/mol. The molecule has 0 saturated carbocycles. The minimum absolute atomic E-state index is 0.00594. The summed E-state index contributed by atoms with van der Waals surface area (Å²) in [5.74, 6) is 0.873. The molecule has 0 bridgehead atoms. The molecule has 0 spiro atoms. The fourth-order valence-corrected chi connectivity index (χ4v) is 3.65. The van der Waals surface area contributed by atoms with E-state index in [0.717, 1.165) is 51.1 Å². The molecule has 1 amide bonds. The molecule has 0 aromatic carbocycles. The lowest BCUT2D eigenvalue weighted by Crippen LogP contribution is -2.33. The lowest BCUT2D eigenvalue weighted by atomic mass is 10.1. The highest BCUT2D eigenvalue weighted by Gasteiger charge is 2.33. The van der Waals surface area contributed by atoms with Crippen LogP contribution in [0.15, 0.2) is 35.1 Å². The molecular weight excluding hydrogens is 292 g/mol. The molecule has 122 valence electrons. The van der Waals surface area contributed by atoms with Crippen molar-refractivity contribution in [3.8, 4) is 0 Å². The van der Waals surface area contributed by atoms with Crippen molar-refractivity contribution < 1.29 is 9.21 Å². The molecule has 2 aromatic rings. The van der Waals surface area contributed by atoms with Crippen molar-refractivity contribution >= 4 is 5.91 Å². The van der Waals surface area contributed by atoms with Crippen LogP contribution in [0, 0.1) is 0 Å². The quantitative estimate of drug-likeness (QED) is 0.945. The van der Waals surface area contributed by atoms with Gasteiger partial charge in [0.1, 0.15) is 11.5 Å². The molecule has 23 heavy (non-hydrogen) atoms. The number of carbonyl (C=O) groups excluding carboxylic acids is 1. The van der Waals surface area contributed by atoms with Gasteiger partial charge in [0.2, 0.25) is 0 Å². The SMILES string of the molecule is O=C(c1ccn(C2CCCNC2)n1)N1CCCC1c1ccco1. The normalized spacial score (nSPS) is 25.0. The zero-order valence-corrected chi connectivity index (χ0v) is 13.1. The van der Waals surface area contributed by atoms with Crippen molar-refractivity contribution in [2.24, 2.45) is 0 Å². The first-order valence-corrected chi connectivity index (χ1v) is 8.43. The summed E-state index contributed by atoms with van der Waals surface area (Å²) in [5, 5.41) is 7.93. The largest absolute Gasteiger partial charge is 0.467 e. The van der Waals surface area contributed by atoms with Gasteiger partial charge in [-0.25, -0.2) is 0 Å². The number of nitrogens with one attached hydrogen (secondary N) is 1. The molecule has 2 aliphatic heterocycles. The fraction of sp³-hybridized carbons (Fsp3) is 0.529. The topological polar surface area (TPSA) is 63.3 Å². The average molecular weight is 314 g/mol. The summed E-state index contributed by atoms with van der Waals surface area (Å²) < 4.78 is 7.45. The summed E-state index contributed by atoms with van der Waals surface area (Å²) in [6.45, 7) is 2.76. The van der Waals surface area contributed by atoms with Crippen molar-refractivity contribution in [1.82, 2.24) is 20.0 Å². The standard InChI is InChI=1S/C17H22N4O2/c22-17(20-9-2-5-15(20)16-6-3-11-23-16)14-7-10-21(19-14)13-4-1-8-18-12-13/h3,6-7,10-11,13,15,18H,1-2,4-5,8-9,12H2. The summed E-state index contributed by atoms with van der Waals surface area (Å²) in [6, 6.07) is 6.06. The Hall–Kier alpha value is -2.08. The van der Waals surface area contributed by atoms with Gasteiger partial charge in [0, 0.05) is 19.3 Å². The zero-order valence-electron chi connectivity index (χ0n) is 13.1. The van der Waals surface area contributed by atoms with Crippen LogP contribution >= 0.6 is 0 Å². The van der Waals surface area contributed by atoms with Crippen LogP contribution in [0.5, 0.6) is 0 Å². The number of likely N-dealkylation sites (tertiary alicyclic amines) is 1. The Bertz CT molecular complexity index is 658. The second kappa shape index (κ2) is 6.20. The number of furan rings is 1. The molecule has 2 saturated heterocycles. The molecule has 2 aromatic heterocycles. The van der Waals surface area contributed by atoms with Crippen LogP contribution in [-0.2, 0) is 0 Å². The van der Waals surface area contributed by atoms with Crippen LogP contribution in [0.3, 0.4) is 0 Å². The minimum Gasteiger partial charge on any atom is -0.467 e. The monoisotopic (exact) mass is 314 g/mol. The second-order valence-corrected chi connectivity index (χ2v) is 6.35. The van der Waals surface area contributed by atoms with Gasteiger partial charge in [0.25, 0.3) is 5.91 Å². The van der Waals surface area contributed by atoms with E-state index in [4.69, 9.17) is 4.42 Å². The number of amides is 1. The van der Waals surface area contributed by atoms with Crippen LogP contribution in [0.25, 0.3) is 0 Å². The van der Waals surface area contributed by atoms with Crippen LogP contribution in [0.2, 0.25) is 0 Å². The van der Waals surface area contributed by atoms with Crippen LogP contribution < -0.4 is 5.32 Å². The number of hydrogen-bond donors (Lipinski definition) is 1. The van der Waals surface area contributed by atoms with Gasteiger partial charge in [0.15, 0.2) is 0 Å². The molecule has 6 heteroatoms. The van der Waals surface area contributed by atoms with E-state index in [9.17, 15) is 4.79 Å². The van der Waals surface area contributed by atoms with Crippen LogP contribution in [0.4, 0.5) is 0 Å². The highest BCUT2D eigenvalue weighted by atomic mass is 16.3. The second-order valence-electron chi connectivity index (χ2n) is 6.35. The third-order valence-electron chi connectivity index (χ3n) is 4.86. The molecule has 0 aliphatic carbocycles. The van der Waals surface area contributed by atoms with Crippen LogP contribution in [-0.4, -0.2) is 40.2 Å². The van der Waals surface area contributed by atoms with E-state index in [0.29, 0.717) is 11.7 Å². The first-order chi connectivity index (χ1) is 11.3. The summed E-state index contributed by atoms with van der Waals surface area (Å²) in [5.41, 5.74) is 0.536. The first kappa shape index (κ1) is 14.5. The van der Waals surface area contributed by atoms with E-state index in [2.05, 4.69) is 10.4 Å². The van der Waals surface area contributed by atoms with Crippen molar-refractivity contribution in [3.63, 3.8) is 0 Å². The Morgan fingerprint density at radius 1 is 1.30 bits per heavy atom. The van der Waals surface area contributed by atoms with E-state index in [1.54, 1.807) is 6.26 Å². The van der Waals surface area contributed by atoms with Gasteiger partial charge in [-0.1, -0.05) is 0 Å². The third kappa shape index (κ3) is 2.79. The fourth-order valence-electron chi connectivity index (χ4n) is 3.65. The van der Waals surface area contributed by atoms with Crippen molar-refractivity contribution in [2.75, 3.05) is 19.6 Å². The molecule has 2 fully saturated rings. The van der Waals surface area contributed by atoms with Crippen LogP contribution in [0.1, 0.15) is 54.0 Å². The highest BCUT2D eigenvalue weighted by molar-refractivity contribution is 5.92. The van der Waals surface area contributed by atoms with E-state index in [1.165, 1.54) is 0 Å². The molecule has 4 heterocycles. The maximum atomic E-state index is 12.8. The average Bonchev–Trinajstić information content (AvgIpc) is 3.34. The Morgan fingerprint density at radius 2 is 2.26 bits per heavy atom. The van der Waals surface area contributed by atoms with E-state index in [1.807, 2.05) is 34.0 Å². The Balaban J connectivity index is 1.51. The van der Waals surface area contributed by atoms with Gasteiger partial charge < -0.3 is 14.6 Å². The third-order valence-corrected chi connectivity index (χ3v) is 4.86.